The van der Waals surface area contributed by atoms with Crippen molar-refractivity contribution in [1.29, 1.82) is 0 Å². The Kier molecular flexibility index (Phi) is 3.44. The van der Waals surface area contributed by atoms with Gasteiger partial charge < -0.3 is 5.11 Å². The van der Waals surface area contributed by atoms with Crippen LogP contribution in [0.2, 0.25) is 0 Å². The standard InChI is InChI=1S/C20H32O/c1-6-19(4)12-14-9-10-15-16(8-7-11-18(15,2)3)20(14,5)17(21)13-19/h6,10,14,16-17,21H,1,7-9,11-13H2,2-5H3/t14-,16-,17+,19+,20-/m1/s1. The monoisotopic (exact) mass is 288 g/mol. The van der Waals surface area contributed by atoms with Gasteiger partial charge in [-0.15, -0.1) is 6.58 Å². The number of fused-ring (bicyclic) bond motifs is 3. The van der Waals surface area contributed by atoms with Gasteiger partial charge in [0.05, 0.1) is 6.10 Å². The summed E-state index contributed by atoms with van der Waals surface area (Å²) >= 11 is 0. The molecule has 0 saturated heterocycles. The Hall–Kier alpha value is -0.560. The lowest BCUT2D eigenvalue weighted by atomic mass is 9.46. The van der Waals surface area contributed by atoms with Gasteiger partial charge in [-0.2, -0.15) is 0 Å². The first kappa shape index (κ1) is 15.3. The molecule has 5 atom stereocenters. The highest BCUT2D eigenvalue weighted by Crippen LogP contribution is 2.63. The molecule has 0 spiro atoms. The van der Waals surface area contributed by atoms with E-state index in [0.29, 0.717) is 17.3 Å². The number of allylic oxidation sites excluding steroid dienone is 3. The highest BCUT2D eigenvalue weighted by molar-refractivity contribution is 5.27. The molecular weight excluding hydrogens is 256 g/mol. The zero-order chi connectivity index (χ0) is 15.5. The summed E-state index contributed by atoms with van der Waals surface area (Å²) in [5, 5.41) is 11.1. The van der Waals surface area contributed by atoms with Crippen LogP contribution in [0.1, 0.15) is 66.2 Å². The first-order valence-corrected chi connectivity index (χ1v) is 8.75. The highest BCUT2D eigenvalue weighted by atomic mass is 16.3. The normalized spacial score (nSPS) is 48.8. The number of rotatable bonds is 1. The van der Waals surface area contributed by atoms with Crippen molar-refractivity contribution in [2.24, 2.45) is 28.1 Å². The van der Waals surface area contributed by atoms with Crippen LogP contribution in [0.15, 0.2) is 24.3 Å². The molecule has 0 bridgehead atoms. The quantitative estimate of drug-likeness (QED) is 0.665. The average Bonchev–Trinajstić information content (AvgIpc) is 2.41. The molecule has 3 aliphatic carbocycles. The Morgan fingerprint density at radius 2 is 1.95 bits per heavy atom. The van der Waals surface area contributed by atoms with Crippen LogP contribution in [-0.4, -0.2) is 11.2 Å². The second-order valence-electron chi connectivity index (χ2n) is 9.07. The smallest absolute Gasteiger partial charge is 0.0610 e. The summed E-state index contributed by atoms with van der Waals surface area (Å²) in [7, 11) is 0. The lowest BCUT2D eigenvalue weighted by Crippen LogP contribution is -2.56. The Morgan fingerprint density at radius 3 is 2.62 bits per heavy atom. The van der Waals surface area contributed by atoms with Crippen LogP contribution in [0, 0.1) is 28.1 Å². The molecule has 0 aromatic carbocycles. The SMILES string of the molecule is C=C[C@@]1(C)C[C@H]2CC=C3[C@@H](CCCC3(C)C)[C@]2(C)[C@@H](O)C1. The van der Waals surface area contributed by atoms with Crippen LogP contribution < -0.4 is 0 Å². The number of hydrogen-bond donors (Lipinski definition) is 1. The van der Waals surface area contributed by atoms with Crippen molar-refractivity contribution in [3.63, 3.8) is 0 Å². The first-order valence-electron chi connectivity index (χ1n) is 8.75. The van der Waals surface area contributed by atoms with Crippen LogP contribution in [0.3, 0.4) is 0 Å². The molecule has 0 heterocycles. The lowest BCUT2D eigenvalue weighted by Gasteiger charge is -2.60. The molecule has 1 N–H and O–H groups in total. The second kappa shape index (κ2) is 4.72. The van der Waals surface area contributed by atoms with E-state index in [1.54, 1.807) is 5.57 Å². The third-order valence-corrected chi connectivity index (χ3v) is 7.29. The van der Waals surface area contributed by atoms with E-state index in [1.165, 1.54) is 25.7 Å². The Morgan fingerprint density at radius 1 is 1.24 bits per heavy atom. The molecule has 2 fully saturated rings. The molecule has 2 saturated carbocycles. The van der Waals surface area contributed by atoms with Gasteiger partial charge >= 0.3 is 0 Å². The van der Waals surface area contributed by atoms with Crippen molar-refractivity contribution < 1.29 is 5.11 Å². The zero-order valence-corrected chi connectivity index (χ0v) is 14.3. The summed E-state index contributed by atoms with van der Waals surface area (Å²) in [6, 6.07) is 0. The van der Waals surface area contributed by atoms with E-state index in [2.05, 4.69) is 46.4 Å². The van der Waals surface area contributed by atoms with E-state index in [0.717, 1.165) is 12.8 Å². The van der Waals surface area contributed by atoms with Crippen LogP contribution in [-0.2, 0) is 0 Å². The molecule has 1 nitrogen and oxygen atoms in total. The second-order valence-corrected chi connectivity index (χ2v) is 9.07. The van der Waals surface area contributed by atoms with E-state index in [1.807, 2.05) is 0 Å². The maximum absolute atomic E-state index is 11.1. The average molecular weight is 288 g/mol. The number of aliphatic hydroxyl groups excluding tert-OH is 1. The van der Waals surface area contributed by atoms with Crippen molar-refractivity contribution >= 4 is 0 Å². The number of aliphatic hydroxyl groups is 1. The first-order chi connectivity index (χ1) is 9.73. The molecule has 0 aromatic rings. The predicted molar refractivity (Wildman–Crippen MR) is 89.0 cm³/mol. The third-order valence-electron chi connectivity index (χ3n) is 7.29. The molecule has 21 heavy (non-hydrogen) atoms. The van der Waals surface area contributed by atoms with Gasteiger partial charge in [0.15, 0.2) is 0 Å². The van der Waals surface area contributed by atoms with E-state index in [-0.39, 0.29) is 16.9 Å². The number of hydrogen-bond acceptors (Lipinski definition) is 1. The van der Waals surface area contributed by atoms with Gasteiger partial charge in [0.1, 0.15) is 0 Å². The van der Waals surface area contributed by atoms with Crippen molar-refractivity contribution in [3.8, 4) is 0 Å². The molecule has 0 radical (unpaired) electrons. The maximum Gasteiger partial charge on any atom is 0.0610 e. The molecule has 3 rings (SSSR count). The summed E-state index contributed by atoms with van der Waals surface area (Å²) in [5.41, 5.74) is 2.16. The molecule has 0 aromatic heterocycles. The summed E-state index contributed by atoms with van der Waals surface area (Å²) < 4.78 is 0. The fourth-order valence-corrected chi connectivity index (χ4v) is 5.67. The van der Waals surface area contributed by atoms with Gasteiger partial charge in [0, 0.05) is 5.41 Å². The highest BCUT2D eigenvalue weighted by Gasteiger charge is 2.57. The van der Waals surface area contributed by atoms with Gasteiger partial charge in [-0.3, -0.25) is 0 Å². The summed E-state index contributed by atoms with van der Waals surface area (Å²) in [6.45, 7) is 13.5. The van der Waals surface area contributed by atoms with Gasteiger partial charge in [-0.25, -0.2) is 0 Å². The molecule has 0 unspecified atom stereocenters. The molecule has 1 heteroatoms. The van der Waals surface area contributed by atoms with E-state index in [4.69, 9.17) is 0 Å². The van der Waals surface area contributed by atoms with Crippen LogP contribution in [0.4, 0.5) is 0 Å². The van der Waals surface area contributed by atoms with E-state index >= 15 is 0 Å². The zero-order valence-electron chi connectivity index (χ0n) is 14.3. The minimum Gasteiger partial charge on any atom is -0.392 e. The summed E-state index contributed by atoms with van der Waals surface area (Å²) in [5.74, 6) is 1.19. The van der Waals surface area contributed by atoms with Crippen molar-refractivity contribution in [1.82, 2.24) is 0 Å². The molecule has 118 valence electrons. The summed E-state index contributed by atoms with van der Waals surface area (Å²) in [6.07, 6.45) is 11.5. The third kappa shape index (κ3) is 2.15. The van der Waals surface area contributed by atoms with Crippen LogP contribution in [0.5, 0.6) is 0 Å². The van der Waals surface area contributed by atoms with Crippen LogP contribution >= 0.6 is 0 Å². The van der Waals surface area contributed by atoms with Gasteiger partial charge in [-0.1, -0.05) is 51.8 Å². The van der Waals surface area contributed by atoms with Crippen molar-refractivity contribution in [2.75, 3.05) is 0 Å². The Balaban J connectivity index is 2.01. The van der Waals surface area contributed by atoms with E-state index < -0.39 is 0 Å². The fourth-order valence-electron chi connectivity index (χ4n) is 5.67. The molecular formula is C20H32O. The Labute approximate surface area is 130 Å². The fraction of sp³-hybridized carbons (Fsp3) is 0.800. The lowest BCUT2D eigenvalue weighted by molar-refractivity contribution is -0.116. The van der Waals surface area contributed by atoms with Gasteiger partial charge in [0.2, 0.25) is 0 Å². The maximum atomic E-state index is 11.1. The van der Waals surface area contributed by atoms with Gasteiger partial charge in [0.25, 0.3) is 0 Å². The largest absolute Gasteiger partial charge is 0.392 e. The van der Waals surface area contributed by atoms with Crippen LogP contribution in [0.25, 0.3) is 0 Å². The minimum absolute atomic E-state index is 0.0737. The molecule has 0 aliphatic heterocycles. The molecule has 3 aliphatic rings. The van der Waals surface area contributed by atoms with Crippen molar-refractivity contribution in [2.45, 2.75) is 72.3 Å². The van der Waals surface area contributed by atoms with Gasteiger partial charge in [-0.05, 0) is 54.8 Å². The predicted octanol–water partition coefficient (Wildman–Crippen LogP) is 5.11. The van der Waals surface area contributed by atoms with E-state index in [9.17, 15) is 5.11 Å². The Bertz CT molecular complexity index is 474. The topological polar surface area (TPSA) is 20.2 Å². The molecule has 0 amide bonds. The summed E-state index contributed by atoms with van der Waals surface area (Å²) in [4.78, 5) is 0. The minimum atomic E-state index is -0.193. The van der Waals surface area contributed by atoms with Crippen molar-refractivity contribution in [3.05, 3.63) is 24.3 Å².